The van der Waals surface area contributed by atoms with Gasteiger partial charge in [-0.05, 0) is 20.8 Å². The van der Waals surface area contributed by atoms with Gasteiger partial charge in [-0.25, -0.2) is 14.5 Å². The highest BCUT2D eigenvalue weighted by atomic mass is 16.5. The van der Waals surface area contributed by atoms with Crippen LogP contribution < -0.4 is 0 Å². The lowest BCUT2D eigenvalue weighted by Crippen LogP contribution is -2.36. The summed E-state index contributed by atoms with van der Waals surface area (Å²) in [6.45, 7) is 6.82. The Hall–Kier alpha value is -1.92. The van der Waals surface area contributed by atoms with Crippen molar-refractivity contribution < 1.29 is 14.3 Å². The molecular formula is C11H18N4O3. The minimum Gasteiger partial charge on any atom is -0.463 e. The molecule has 1 unspecified atom stereocenters. The van der Waals surface area contributed by atoms with Crippen LogP contribution >= 0.6 is 0 Å². The SMILES string of the molecule is CCN(CC)C(=O)C(C)n1cnc(C(=O)OC)n1. The molecule has 0 bridgehead atoms. The van der Waals surface area contributed by atoms with E-state index in [9.17, 15) is 9.59 Å². The van der Waals surface area contributed by atoms with Gasteiger partial charge in [0.2, 0.25) is 5.91 Å². The second-order valence-electron chi connectivity index (χ2n) is 3.73. The number of hydrogen-bond acceptors (Lipinski definition) is 5. The molecular weight excluding hydrogens is 236 g/mol. The molecule has 1 amide bonds. The van der Waals surface area contributed by atoms with Crippen LogP contribution in [0.4, 0.5) is 0 Å². The monoisotopic (exact) mass is 254 g/mol. The summed E-state index contributed by atoms with van der Waals surface area (Å²) in [6.07, 6.45) is 1.36. The highest BCUT2D eigenvalue weighted by Crippen LogP contribution is 2.08. The van der Waals surface area contributed by atoms with E-state index in [-0.39, 0.29) is 11.7 Å². The first-order chi connectivity index (χ1) is 8.54. The lowest BCUT2D eigenvalue weighted by atomic mass is 10.3. The number of carbonyl (C=O) groups excluding carboxylic acids is 2. The number of methoxy groups -OCH3 is 1. The van der Waals surface area contributed by atoms with E-state index in [0.29, 0.717) is 13.1 Å². The van der Waals surface area contributed by atoms with Crippen LogP contribution in [0.15, 0.2) is 6.33 Å². The van der Waals surface area contributed by atoms with Crippen molar-refractivity contribution in [1.29, 1.82) is 0 Å². The average Bonchev–Trinajstić information content (AvgIpc) is 2.87. The molecule has 7 nitrogen and oxygen atoms in total. The zero-order valence-corrected chi connectivity index (χ0v) is 11.1. The molecule has 1 atom stereocenters. The Bertz CT molecular complexity index is 426. The van der Waals surface area contributed by atoms with Crippen LogP contribution in [0.1, 0.15) is 37.4 Å². The standard InChI is InChI=1S/C11H18N4O3/c1-5-14(6-2)10(16)8(3)15-7-12-9(13-15)11(17)18-4/h7-8H,5-6H2,1-4H3. The molecule has 0 aromatic carbocycles. The molecule has 0 fully saturated rings. The van der Waals surface area contributed by atoms with Gasteiger partial charge in [-0.2, -0.15) is 0 Å². The van der Waals surface area contributed by atoms with Crippen LogP contribution in [0.3, 0.4) is 0 Å². The fourth-order valence-corrected chi connectivity index (χ4v) is 1.56. The Morgan fingerprint density at radius 2 is 2.06 bits per heavy atom. The van der Waals surface area contributed by atoms with Crippen LogP contribution in [-0.2, 0) is 9.53 Å². The van der Waals surface area contributed by atoms with Gasteiger partial charge in [0.05, 0.1) is 7.11 Å². The highest BCUT2D eigenvalue weighted by Gasteiger charge is 2.22. The van der Waals surface area contributed by atoms with Crippen LogP contribution in [0.5, 0.6) is 0 Å². The van der Waals surface area contributed by atoms with Gasteiger partial charge < -0.3 is 9.64 Å². The maximum Gasteiger partial charge on any atom is 0.377 e. The van der Waals surface area contributed by atoms with Crippen LogP contribution in [-0.4, -0.2) is 51.7 Å². The van der Waals surface area contributed by atoms with Crippen molar-refractivity contribution in [2.75, 3.05) is 20.2 Å². The summed E-state index contributed by atoms with van der Waals surface area (Å²) in [5.41, 5.74) is 0. The van der Waals surface area contributed by atoms with Crippen molar-refractivity contribution in [3.8, 4) is 0 Å². The maximum absolute atomic E-state index is 12.1. The number of nitrogens with zero attached hydrogens (tertiary/aromatic N) is 4. The Morgan fingerprint density at radius 1 is 1.44 bits per heavy atom. The van der Waals surface area contributed by atoms with Crippen molar-refractivity contribution in [2.45, 2.75) is 26.8 Å². The molecule has 0 N–H and O–H groups in total. The Kier molecular flexibility index (Phi) is 4.82. The van der Waals surface area contributed by atoms with Crippen molar-refractivity contribution in [3.63, 3.8) is 0 Å². The summed E-state index contributed by atoms with van der Waals surface area (Å²) in [7, 11) is 1.26. The molecule has 0 spiro atoms. The first-order valence-corrected chi connectivity index (χ1v) is 5.83. The van der Waals surface area contributed by atoms with Gasteiger partial charge in [0.15, 0.2) is 0 Å². The third-order valence-electron chi connectivity index (χ3n) is 2.71. The van der Waals surface area contributed by atoms with E-state index in [0.717, 1.165) is 0 Å². The van der Waals surface area contributed by atoms with Gasteiger partial charge in [-0.15, -0.1) is 5.10 Å². The minimum absolute atomic E-state index is 0.0447. The fourth-order valence-electron chi connectivity index (χ4n) is 1.56. The quantitative estimate of drug-likeness (QED) is 0.715. The van der Waals surface area contributed by atoms with E-state index < -0.39 is 12.0 Å². The number of likely N-dealkylation sites (N-methyl/N-ethyl adjacent to an activating group) is 1. The second kappa shape index (κ2) is 6.13. The predicted octanol–water partition coefficient (Wildman–Crippen LogP) is 0.494. The summed E-state index contributed by atoms with van der Waals surface area (Å²) in [6, 6.07) is -0.490. The second-order valence-corrected chi connectivity index (χ2v) is 3.73. The molecule has 7 heteroatoms. The highest BCUT2D eigenvalue weighted by molar-refractivity contribution is 5.85. The van der Waals surface area contributed by atoms with Crippen molar-refractivity contribution in [1.82, 2.24) is 19.7 Å². The van der Waals surface area contributed by atoms with Gasteiger partial charge in [0, 0.05) is 13.1 Å². The number of esters is 1. The van der Waals surface area contributed by atoms with Gasteiger partial charge in [-0.1, -0.05) is 0 Å². The van der Waals surface area contributed by atoms with Crippen molar-refractivity contribution >= 4 is 11.9 Å². The van der Waals surface area contributed by atoms with Crippen LogP contribution in [0, 0.1) is 0 Å². The maximum atomic E-state index is 12.1. The predicted molar refractivity (Wildman–Crippen MR) is 64.0 cm³/mol. The molecule has 100 valence electrons. The first kappa shape index (κ1) is 14.1. The molecule has 0 saturated heterocycles. The Morgan fingerprint density at radius 3 is 2.56 bits per heavy atom. The molecule has 1 aromatic rings. The van der Waals surface area contributed by atoms with Crippen molar-refractivity contribution in [3.05, 3.63) is 12.2 Å². The van der Waals surface area contributed by atoms with E-state index in [1.54, 1.807) is 11.8 Å². The van der Waals surface area contributed by atoms with Gasteiger partial charge in [0.25, 0.3) is 5.82 Å². The van der Waals surface area contributed by atoms with E-state index in [2.05, 4.69) is 14.8 Å². The van der Waals surface area contributed by atoms with Crippen molar-refractivity contribution in [2.24, 2.45) is 0 Å². The molecule has 0 aliphatic heterocycles. The van der Waals surface area contributed by atoms with Crippen LogP contribution in [0.2, 0.25) is 0 Å². The van der Waals surface area contributed by atoms with E-state index >= 15 is 0 Å². The molecule has 1 rings (SSSR count). The smallest absolute Gasteiger partial charge is 0.377 e. The van der Waals surface area contributed by atoms with Crippen LogP contribution in [0.25, 0.3) is 0 Å². The molecule has 18 heavy (non-hydrogen) atoms. The third kappa shape index (κ3) is 2.85. The number of carbonyl (C=O) groups is 2. The molecule has 0 aliphatic rings. The Balaban J connectivity index is 2.84. The number of rotatable bonds is 5. The first-order valence-electron chi connectivity index (χ1n) is 5.83. The summed E-state index contributed by atoms with van der Waals surface area (Å²) < 4.78 is 5.87. The number of aromatic nitrogens is 3. The fraction of sp³-hybridized carbons (Fsp3) is 0.636. The number of hydrogen-bond donors (Lipinski definition) is 0. The minimum atomic E-state index is -0.615. The normalized spacial score (nSPS) is 12.0. The van der Waals surface area contributed by atoms with E-state index in [1.165, 1.54) is 18.1 Å². The topological polar surface area (TPSA) is 77.3 Å². The number of ether oxygens (including phenoxy) is 1. The average molecular weight is 254 g/mol. The van der Waals surface area contributed by atoms with Gasteiger partial charge in [-0.3, -0.25) is 4.79 Å². The summed E-state index contributed by atoms with van der Waals surface area (Å²) in [4.78, 5) is 28.8. The molecule has 0 saturated carbocycles. The third-order valence-corrected chi connectivity index (χ3v) is 2.71. The largest absolute Gasteiger partial charge is 0.463 e. The zero-order valence-electron chi connectivity index (χ0n) is 11.1. The number of amides is 1. The van der Waals surface area contributed by atoms with E-state index in [4.69, 9.17) is 0 Å². The zero-order chi connectivity index (χ0) is 13.7. The molecule has 0 radical (unpaired) electrons. The summed E-state index contributed by atoms with van der Waals surface area (Å²) in [5, 5.41) is 3.94. The summed E-state index contributed by atoms with van der Waals surface area (Å²) >= 11 is 0. The lowest BCUT2D eigenvalue weighted by Gasteiger charge is -2.22. The molecule has 1 heterocycles. The molecule has 0 aliphatic carbocycles. The molecule has 1 aromatic heterocycles. The Labute approximate surface area is 106 Å². The lowest BCUT2D eigenvalue weighted by molar-refractivity contribution is -0.134. The van der Waals surface area contributed by atoms with E-state index in [1.807, 2.05) is 13.8 Å². The van der Waals surface area contributed by atoms with Gasteiger partial charge >= 0.3 is 5.97 Å². The summed E-state index contributed by atoms with van der Waals surface area (Å²) in [5.74, 6) is -0.714. The van der Waals surface area contributed by atoms with Gasteiger partial charge in [0.1, 0.15) is 12.4 Å².